The fourth-order valence-corrected chi connectivity index (χ4v) is 3.31. The van der Waals surface area contributed by atoms with Crippen molar-refractivity contribution in [3.8, 4) is 0 Å². The molecule has 0 unspecified atom stereocenters. The van der Waals surface area contributed by atoms with E-state index in [0.29, 0.717) is 0 Å². The zero-order valence-electron chi connectivity index (χ0n) is 9.60. The van der Waals surface area contributed by atoms with E-state index in [9.17, 15) is 0 Å². The Morgan fingerprint density at radius 1 is 1.44 bits per heavy atom. The van der Waals surface area contributed by atoms with Crippen molar-refractivity contribution in [2.24, 2.45) is 0 Å². The van der Waals surface area contributed by atoms with Crippen molar-refractivity contribution in [3.63, 3.8) is 0 Å². The summed E-state index contributed by atoms with van der Waals surface area (Å²) in [6, 6.07) is 6.92. The van der Waals surface area contributed by atoms with Gasteiger partial charge >= 0.3 is 0 Å². The first-order chi connectivity index (χ1) is 8.81. The molecule has 0 aliphatic heterocycles. The largest absolute Gasteiger partial charge is 0.310 e. The Labute approximate surface area is 119 Å². The lowest BCUT2D eigenvalue weighted by Gasteiger charge is -2.06. The maximum atomic E-state index is 6.29. The van der Waals surface area contributed by atoms with Crippen molar-refractivity contribution >= 4 is 34.9 Å². The zero-order valence-corrected chi connectivity index (χ0v) is 12.0. The number of halogens is 1. The van der Waals surface area contributed by atoms with Crippen molar-refractivity contribution in [2.75, 3.05) is 0 Å². The Kier molecular flexibility index (Phi) is 3.84. The molecule has 18 heavy (non-hydrogen) atoms. The predicted molar refractivity (Wildman–Crippen MR) is 75.3 cm³/mol. The maximum Gasteiger partial charge on any atom is 0.174 e. The van der Waals surface area contributed by atoms with Crippen LogP contribution in [-0.4, -0.2) is 15.4 Å². The molecule has 1 heterocycles. The van der Waals surface area contributed by atoms with Crippen molar-refractivity contribution in [1.29, 1.82) is 0 Å². The Morgan fingerprint density at radius 2 is 2.33 bits per heavy atom. The van der Waals surface area contributed by atoms with Gasteiger partial charge < -0.3 is 5.32 Å². The van der Waals surface area contributed by atoms with Crippen LogP contribution in [0.25, 0.3) is 0 Å². The molecule has 3 nitrogen and oxygen atoms in total. The number of nitrogens with one attached hydrogen (secondary N) is 1. The number of hydrogen-bond acceptors (Lipinski definition) is 5. The average Bonchev–Trinajstić information content (AvgIpc) is 3.06. The van der Waals surface area contributed by atoms with Crippen LogP contribution in [0.3, 0.4) is 0 Å². The van der Waals surface area contributed by atoms with Crippen LogP contribution >= 0.6 is 34.9 Å². The molecule has 1 aromatic heterocycles. The van der Waals surface area contributed by atoms with Crippen LogP contribution in [0, 0.1) is 0 Å². The van der Waals surface area contributed by atoms with Gasteiger partial charge in [-0.1, -0.05) is 29.4 Å². The number of benzene rings is 1. The van der Waals surface area contributed by atoms with Gasteiger partial charge in [0.15, 0.2) is 4.34 Å². The van der Waals surface area contributed by atoms with Crippen LogP contribution in [0.5, 0.6) is 0 Å². The first-order valence-corrected chi connectivity index (χ1v) is 7.74. The van der Waals surface area contributed by atoms with Gasteiger partial charge in [-0.2, -0.15) is 4.37 Å². The van der Waals surface area contributed by atoms with Crippen LogP contribution in [0.1, 0.15) is 18.4 Å². The Morgan fingerprint density at radius 3 is 3.00 bits per heavy atom. The molecular formula is C12H12ClN3S2. The molecule has 1 N–H and O–H groups in total. The topological polar surface area (TPSA) is 37.8 Å². The molecule has 3 rings (SSSR count). The summed E-state index contributed by atoms with van der Waals surface area (Å²) in [5, 5.41) is 4.26. The SMILES string of the molecule is Clc1cc(CNC2CC2)ccc1Sc1ncns1. The fourth-order valence-electron chi connectivity index (χ4n) is 1.59. The molecule has 1 aliphatic rings. The van der Waals surface area contributed by atoms with Crippen LogP contribution < -0.4 is 5.32 Å². The third kappa shape index (κ3) is 3.23. The van der Waals surface area contributed by atoms with E-state index in [1.807, 2.05) is 6.07 Å². The molecule has 1 saturated carbocycles. The highest BCUT2D eigenvalue weighted by atomic mass is 35.5. The lowest BCUT2D eigenvalue weighted by molar-refractivity contribution is 0.687. The molecule has 1 fully saturated rings. The molecule has 6 heteroatoms. The molecule has 0 amide bonds. The second-order valence-electron chi connectivity index (χ2n) is 4.23. The molecule has 0 atom stereocenters. The Hall–Kier alpha value is -0.620. The number of hydrogen-bond donors (Lipinski definition) is 1. The Bertz CT molecular complexity index is 526. The van der Waals surface area contributed by atoms with Crippen molar-refractivity contribution in [2.45, 2.75) is 34.7 Å². The molecule has 0 saturated heterocycles. The molecule has 94 valence electrons. The first kappa shape index (κ1) is 12.4. The number of aromatic nitrogens is 2. The Balaban J connectivity index is 1.67. The van der Waals surface area contributed by atoms with E-state index in [0.717, 1.165) is 26.8 Å². The van der Waals surface area contributed by atoms with Gasteiger partial charge in [0.25, 0.3) is 0 Å². The van der Waals surface area contributed by atoms with Gasteiger partial charge in [-0.3, -0.25) is 0 Å². The fraction of sp³-hybridized carbons (Fsp3) is 0.333. The minimum absolute atomic E-state index is 0.722. The summed E-state index contributed by atoms with van der Waals surface area (Å²) in [6.07, 6.45) is 4.17. The van der Waals surface area contributed by atoms with E-state index < -0.39 is 0 Å². The summed E-state index contributed by atoms with van der Waals surface area (Å²) in [7, 11) is 0. The third-order valence-corrected chi connectivity index (χ3v) is 4.92. The zero-order chi connectivity index (χ0) is 12.4. The molecular weight excluding hydrogens is 286 g/mol. The third-order valence-electron chi connectivity index (χ3n) is 2.71. The van der Waals surface area contributed by atoms with Gasteiger partial charge in [-0.15, -0.1) is 0 Å². The number of nitrogens with zero attached hydrogens (tertiary/aromatic N) is 2. The normalized spacial score (nSPS) is 14.9. The van der Waals surface area contributed by atoms with Crippen molar-refractivity contribution in [1.82, 2.24) is 14.7 Å². The molecule has 2 aromatic rings. The second kappa shape index (κ2) is 5.57. The van der Waals surface area contributed by atoms with Crippen LogP contribution in [0.4, 0.5) is 0 Å². The molecule has 0 bridgehead atoms. The van der Waals surface area contributed by atoms with Gasteiger partial charge in [0.05, 0.1) is 5.02 Å². The highest BCUT2D eigenvalue weighted by Crippen LogP contribution is 2.34. The van der Waals surface area contributed by atoms with E-state index in [1.54, 1.807) is 18.1 Å². The van der Waals surface area contributed by atoms with Gasteiger partial charge in [-0.05, 0) is 42.1 Å². The lowest BCUT2D eigenvalue weighted by atomic mass is 10.2. The van der Waals surface area contributed by atoms with E-state index in [-0.39, 0.29) is 0 Å². The van der Waals surface area contributed by atoms with Crippen molar-refractivity contribution < 1.29 is 0 Å². The second-order valence-corrected chi connectivity index (χ2v) is 6.71. The molecule has 1 aliphatic carbocycles. The van der Waals surface area contributed by atoms with Crippen LogP contribution in [0.2, 0.25) is 5.02 Å². The molecule has 0 spiro atoms. The van der Waals surface area contributed by atoms with Crippen molar-refractivity contribution in [3.05, 3.63) is 35.1 Å². The minimum Gasteiger partial charge on any atom is -0.310 e. The lowest BCUT2D eigenvalue weighted by Crippen LogP contribution is -2.15. The monoisotopic (exact) mass is 297 g/mol. The first-order valence-electron chi connectivity index (χ1n) is 5.77. The van der Waals surface area contributed by atoms with Gasteiger partial charge in [0.1, 0.15) is 6.33 Å². The van der Waals surface area contributed by atoms with Gasteiger partial charge in [0.2, 0.25) is 0 Å². The van der Waals surface area contributed by atoms with E-state index >= 15 is 0 Å². The maximum absolute atomic E-state index is 6.29. The summed E-state index contributed by atoms with van der Waals surface area (Å²) in [5.41, 5.74) is 1.23. The summed E-state index contributed by atoms with van der Waals surface area (Å²) in [5.74, 6) is 0. The minimum atomic E-state index is 0.722. The van der Waals surface area contributed by atoms with Gasteiger partial charge in [-0.25, -0.2) is 4.98 Å². The summed E-state index contributed by atoms with van der Waals surface area (Å²) in [6.45, 7) is 0.897. The summed E-state index contributed by atoms with van der Waals surface area (Å²) < 4.78 is 4.90. The molecule has 1 aromatic carbocycles. The van der Waals surface area contributed by atoms with Crippen LogP contribution in [-0.2, 0) is 6.54 Å². The van der Waals surface area contributed by atoms with Crippen LogP contribution in [0.15, 0.2) is 33.8 Å². The quantitative estimate of drug-likeness (QED) is 0.915. The number of rotatable bonds is 5. The van der Waals surface area contributed by atoms with Gasteiger partial charge in [0, 0.05) is 17.5 Å². The summed E-state index contributed by atoms with van der Waals surface area (Å²) in [4.78, 5) is 5.17. The smallest absolute Gasteiger partial charge is 0.174 e. The predicted octanol–water partition coefficient (Wildman–Crippen LogP) is 3.59. The summed E-state index contributed by atoms with van der Waals surface area (Å²) >= 11 is 9.23. The standard InChI is InChI=1S/C12H12ClN3S2/c13-10-5-8(6-14-9-2-3-9)1-4-11(10)17-12-15-7-16-18-12/h1,4-5,7,9,14H,2-3,6H2. The van der Waals surface area contributed by atoms with E-state index in [4.69, 9.17) is 11.6 Å². The highest BCUT2D eigenvalue weighted by molar-refractivity contribution is 8.01. The van der Waals surface area contributed by atoms with E-state index in [1.165, 1.54) is 29.9 Å². The molecule has 0 radical (unpaired) electrons. The average molecular weight is 298 g/mol. The van der Waals surface area contributed by atoms with E-state index in [2.05, 4.69) is 26.8 Å². The highest BCUT2D eigenvalue weighted by Gasteiger charge is 2.20.